The number of aryl methyl sites for hydroxylation is 2. The number of nitrogens with one attached hydrogen (secondary N) is 1. The summed E-state index contributed by atoms with van der Waals surface area (Å²) in [5, 5.41) is 2.01. The Morgan fingerprint density at radius 2 is 2.13 bits per heavy atom. The number of rotatable bonds is 2. The zero-order chi connectivity index (χ0) is 10.8. The standard InChI is InChI=1S/C12H12BrNO/c1-8-2-3-10-9(4-5-13)7-12(15)14-11(10)6-8/h2-3,6-7H,4-5H2,1H3,(H,14,15). The topological polar surface area (TPSA) is 32.9 Å². The lowest BCUT2D eigenvalue weighted by atomic mass is 10.1. The highest BCUT2D eigenvalue weighted by molar-refractivity contribution is 9.09. The Labute approximate surface area is 96.5 Å². The van der Waals surface area contributed by atoms with Gasteiger partial charge in [0.15, 0.2) is 0 Å². The molecule has 1 aromatic carbocycles. The number of benzene rings is 1. The van der Waals surface area contributed by atoms with Crippen LogP contribution in [0.5, 0.6) is 0 Å². The van der Waals surface area contributed by atoms with Crippen molar-refractivity contribution in [1.82, 2.24) is 4.98 Å². The van der Waals surface area contributed by atoms with E-state index in [1.165, 1.54) is 0 Å². The van der Waals surface area contributed by atoms with Gasteiger partial charge in [0.1, 0.15) is 0 Å². The molecule has 0 aliphatic carbocycles. The third-order valence-electron chi connectivity index (χ3n) is 2.45. The van der Waals surface area contributed by atoms with Crippen LogP contribution in [0.15, 0.2) is 29.1 Å². The van der Waals surface area contributed by atoms with Gasteiger partial charge in [-0.1, -0.05) is 28.1 Å². The molecule has 0 amide bonds. The van der Waals surface area contributed by atoms with E-state index in [1.807, 2.05) is 13.0 Å². The van der Waals surface area contributed by atoms with Gasteiger partial charge in [-0.15, -0.1) is 0 Å². The molecule has 0 spiro atoms. The Bertz CT molecular complexity index is 545. The van der Waals surface area contributed by atoms with Crippen molar-refractivity contribution in [2.45, 2.75) is 13.3 Å². The number of fused-ring (bicyclic) bond motifs is 1. The zero-order valence-electron chi connectivity index (χ0n) is 8.51. The quantitative estimate of drug-likeness (QED) is 0.833. The van der Waals surface area contributed by atoms with Crippen LogP contribution < -0.4 is 5.56 Å². The predicted octanol–water partition coefficient (Wildman–Crippen LogP) is 2.77. The van der Waals surface area contributed by atoms with Crippen LogP contribution >= 0.6 is 15.9 Å². The first-order valence-electron chi connectivity index (χ1n) is 4.89. The first kappa shape index (κ1) is 10.4. The number of aromatic amines is 1. The molecule has 15 heavy (non-hydrogen) atoms. The summed E-state index contributed by atoms with van der Waals surface area (Å²) < 4.78 is 0. The third-order valence-corrected chi connectivity index (χ3v) is 2.84. The van der Waals surface area contributed by atoms with Crippen molar-refractivity contribution in [3.05, 3.63) is 45.7 Å². The highest BCUT2D eigenvalue weighted by atomic mass is 79.9. The second kappa shape index (κ2) is 4.19. The Morgan fingerprint density at radius 3 is 2.87 bits per heavy atom. The van der Waals surface area contributed by atoms with Crippen LogP contribution in [0, 0.1) is 6.92 Å². The molecule has 0 aliphatic rings. The molecule has 0 saturated carbocycles. The van der Waals surface area contributed by atoms with Crippen molar-refractivity contribution in [2.24, 2.45) is 0 Å². The molecule has 0 radical (unpaired) electrons. The minimum absolute atomic E-state index is 0.0240. The van der Waals surface area contributed by atoms with Crippen molar-refractivity contribution in [1.29, 1.82) is 0 Å². The third kappa shape index (κ3) is 2.12. The molecule has 1 heterocycles. The number of H-pyrrole nitrogens is 1. The van der Waals surface area contributed by atoms with Crippen molar-refractivity contribution >= 4 is 26.8 Å². The number of hydrogen-bond donors (Lipinski definition) is 1. The van der Waals surface area contributed by atoms with Crippen LogP contribution in [0.25, 0.3) is 10.9 Å². The molecule has 0 bridgehead atoms. The predicted molar refractivity (Wildman–Crippen MR) is 66.8 cm³/mol. The summed E-state index contributed by atoms with van der Waals surface area (Å²) in [6.45, 7) is 2.02. The molecule has 0 saturated heterocycles. The van der Waals surface area contributed by atoms with Gasteiger partial charge in [-0.2, -0.15) is 0 Å². The monoisotopic (exact) mass is 265 g/mol. The number of alkyl halides is 1. The molecule has 0 unspecified atom stereocenters. The van der Waals surface area contributed by atoms with E-state index in [0.717, 1.165) is 33.8 Å². The van der Waals surface area contributed by atoms with Crippen LogP contribution in [0.4, 0.5) is 0 Å². The van der Waals surface area contributed by atoms with Gasteiger partial charge in [-0.05, 0) is 30.5 Å². The van der Waals surface area contributed by atoms with Gasteiger partial charge in [-0.3, -0.25) is 4.79 Å². The van der Waals surface area contributed by atoms with Gasteiger partial charge in [0.2, 0.25) is 5.56 Å². The lowest BCUT2D eigenvalue weighted by molar-refractivity contribution is 1.15. The smallest absolute Gasteiger partial charge is 0.248 e. The molecule has 1 N–H and O–H groups in total. The minimum Gasteiger partial charge on any atom is -0.322 e. The Kier molecular flexibility index (Phi) is 2.91. The largest absolute Gasteiger partial charge is 0.322 e. The second-order valence-corrected chi connectivity index (χ2v) is 4.44. The maximum Gasteiger partial charge on any atom is 0.248 e. The fourth-order valence-corrected chi connectivity index (χ4v) is 2.18. The average Bonchev–Trinajstić information content (AvgIpc) is 2.17. The van der Waals surface area contributed by atoms with E-state index in [4.69, 9.17) is 0 Å². The van der Waals surface area contributed by atoms with E-state index in [9.17, 15) is 4.79 Å². The lowest BCUT2D eigenvalue weighted by Crippen LogP contribution is -2.07. The summed E-state index contributed by atoms with van der Waals surface area (Å²) in [5.41, 5.74) is 3.17. The molecule has 0 fully saturated rings. The molecule has 1 aromatic heterocycles. The van der Waals surface area contributed by atoms with Crippen LogP contribution in [0.1, 0.15) is 11.1 Å². The molecule has 78 valence electrons. The van der Waals surface area contributed by atoms with Crippen molar-refractivity contribution in [3.8, 4) is 0 Å². The molecule has 2 nitrogen and oxygen atoms in total. The van der Waals surface area contributed by atoms with E-state index < -0.39 is 0 Å². The first-order valence-corrected chi connectivity index (χ1v) is 6.01. The Hall–Kier alpha value is -1.09. The van der Waals surface area contributed by atoms with E-state index in [0.29, 0.717) is 0 Å². The average molecular weight is 266 g/mol. The Morgan fingerprint density at radius 1 is 1.33 bits per heavy atom. The van der Waals surface area contributed by atoms with Gasteiger partial charge in [0.25, 0.3) is 0 Å². The SMILES string of the molecule is Cc1ccc2c(CCBr)cc(=O)[nH]c2c1. The summed E-state index contributed by atoms with van der Waals surface area (Å²) in [5.74, 6) is 0. The summed E-state index contributed by atoms with van der Waals surface area (Å²) in [4.78, 5) is 14.3. The van der Waals surface area contributed by atoms with Crippen molar-refractivity contribution in [3.63, 3.8) is 0 Å². The maximum absolute atomic E-state index is 11.4. The number of halogens is 1. The Balaban J connectivity index is 2.74. The van der Waals surface area contributed by atoms with Gasteiger partial charge < -0.3 is 4.98 Å². The molecule has 0 atom stereocenters. The van der Waals surface area contributed by atoms with E-state index in [2.05, 4.69) is 33.0 Å². The van der Waals surface area contributed by atoms with Gasteiger partial charge in [-0.25, -0.2) is 0 Å². The van der Waals surface area contributed by atoms with Crippen molar-refractivity contribution < 1.29 is 0 Å². The van der Waals surface area contributed by atoms with E-state index in [-0.39, 0.29) is 5.56 Å². The number of aromatic nitrogens is 1. The fourth-order valence-electron chi connectivity index (χ4n) is 1.75. The molecular weight excluding hydrogens is 254 g/mol. The summed E-state index contributed by atoms with van der Waals surface area (Å²) >= 11 is 3.40. The summed E-state index contributed by atoms with van der Waals surface area (Å²) in [7, 11) is 0. The zero-order valence-corrected chi connectivity index (χ0v) is 10.1. The van der Waals surface area contributed by atoms with Gasteiger partial charge in [0.05, 0.1) is 0 Å². The molecule has 2 rings (SSSR count). The molecular formula is C12H12BrNO. The fraction of sp³-hybridized carbons (Fsp3) is 0.250. The van der Waals surface area contributed by atoms with Crippen LogP contribution in [0.3, 0.4) is 0 Å². The first-order chi connectivity index (χ1) is 7.20. The highest BCUT2D eigenvalue weighted by Crippen LogP contribution is 2.17. The minimum atomic E-state index is -0.0240. The van der Waals surface area contributed by atoms with Crippen LogP contribution in [-0.2, 0) is 6.42 Å². The lowest BCUT2D eigenvalue weighted by Gasteiger charge is -2.05. The van der Waals surface area contributed by atoms with Gasteiger partial charge >= 0.3 is 0 Å². The van der Waals surface area contributed by atoms with Crippen LogP contribution in [0.2, 0.25) is 0 Å². The van der Waals surface area contributed by atoms with E-state index >= 15 is 0 Å². The van der Waals surface area contributed by atoms with E-state index in [1.54, 1.807) is 6.07 Å². The highest BCUT2D eigenvalue weighted by Gasteiger charge is 2.02. The van der Waals surface area contributed by atoms with Gasteiger partial charge in [0, 0.05) is 22.3 Å². The number of hydrogen-bond acceptors (Lipinski definition) is 1. The van der Waals surface area contributed by atoms with Crippen molar-refractivity contribution in [2.75, 3.05) is 5.33 Å². The molecule has 2 aromatic rings. The normalized spacial score (nSPS) is 10.8. The second-order valence-electron chi connectivity index (χ2n) is 3.65. The molecule has 3 heteroatoms. The maximum atomic E-state index is 11.4. The number of pyridine rings is 1. The summed E-state index contributed by atoms with van der Waals surface area (Å²) in [6.07, 6.45) is 0.878. The van der Waals surface area contributed by atoms with Crippen LogP contribution in [-0.4, -0.2) is 10.3 Å². The molecule has 0 aliphatic heterocycles. The summed E-state index contributed by atoms with van der Waals surface area (Å²) in [6, 6.07) is 7.82.